The minimum atomic E-state index is 0.00968. The first-order valence-electron chi connectivity index (χ1n) is 5.08. The maximum Gasteiger partial charge on any atom is 0.157 e. The van der Waals surface area contributed by atoms with E-state index in [4.69, 9.17) is 9.73 Å². The fourth-order valence-corrected chi connectivity index (χ4v) is 2.86. The van der Waals surface area contributed by atoms with Crippen molar-refractivity contribution in [2.24, 2.45) is 4.99 Å². The Balaban J connectivity index is 2.05. The van der Waals surface area contributed by atoms with E-state index < -0.39 is 0 Å². The van der Waals surface area contributed by atoms with Crippen LogP contribution in [0.5, 0.6) is 0 Å². The zero-order valence-electron chi connectivity index (χ0n) is 9.09. The highest BCUT2D eigenvalue weighted by Crippen LogP contribution is 2.28. The Hall–Kier alpha value is -0.220. The van der Waals surface area contributed by atoms with Gasteiger partial charge in [0.25, 0.3) is 0 Å². The van der Waals surface area contributed by atoms with Crippen LogP contribution >= 0.6 is 11.8 Å². The molecule has 0 aliphatic carbocycles. The summed E-state index contributed by atoms with van der Waals surface area (Å²) in [6.45, 7) is 8.19. The predicted molar refractivity (Wildman–Crippen MR) is 60.9 cm³/mol. The Bertz CT molecular complexity index is 257. The van der Waals surface area contributed by atoms with Gasteiger partial charge in [0.05, 0.1) is 12.1 Å². The zero-order valence-corrected chi connectivity index (χ0v) is 9.91. The summed E-state index contributed by atoms with van der Waals surface area (Å²) in [5.74, 6) is 1.10. The molecule has 1 N–H and O–H groups in total. The number of hydrogen-bond acceptors (Lipinski definition) is 3. The van der Waals surface area contributed by atoms with Crippen LogP contribution in [-0.2, 0) is 4.74 Å². The Labute approximate surface area is 89.7 Å². The molecule has 2 heterocycles. The monoisotopic (exact) mass is 214 g/mol. The first-order chi connectivity index (χ1) is 6.49. The van der Waals surface area contributed by atoms with Gasteiger partial charge in [-0.15, -0.1) is 0 Å². The van der Waals surface area contributed by atoms with Gasteiger partial charge >= 0.3 is 0 Å². The van der Waals surface area contributed by atoms with Gasteiger partial charge in [0.1, 0.15) is 0 Å². The van der Waals surface area contributed by atoms with E-state index in [2.05, 4.69) is 26.1 Å². The van der Waals surface area contributed by atoms with Gasteiger partial charge in [-0.2, -0.15) is 0 Å². The summed E-state index contributed by atoms with van der Waals surface area (Å²) >= 11 is 1.82. The molecule has 2 saturated heterocycles. The lowest BCUT2D eigenvalue weighted by Crippen LogP contribution is -2.38. The van der Waals surface area contributed by atoms with Crippen LogP contribution < -0.4 is 5.32 Å². The van der Waals surface area contributed by atoms with Gasteiger partial charge in [0.2, 0.25) is 0 Å². The Kier molecular flexibility index (Phi) is 2.52. The number of rotatable bonds is 1. The van der Waals surface area contributed by atoms with Crippen molar-refractivity contribution in [1.29, 1.82) is 0 Å². The van der Waals surface area contributed by atoms with Crippen molar-refractivity contribution in [3.8, 4) is 0 Å². The van der Waals surface area contributed by atoms with Gasteiger partial charge in [-0.05, 0) is 27.2 Å². The molecule has 80 valence electrons. The number of ether oxygens (including phenoxy) is 1. The predicted octanol–water partition coefficient (Wildman–Crippen LogP) is 1.64. The van der Waals surface area contributed by atoms with Crippen LogP contribution in [0.4, 0.5) is 0 Å². The lowest BCUT2D eigenvalue weighted by molar-refractivity contribution is 0.182. The second kappa shape index (κ2) is 3.42. The molecule has 0 amide bonds. The van der Waals surface area contributed by atoms with Gasteiger partial charge in [0, 0.05) is 17.9 Å². The molecule has 2 aliphatic rings. The fourth-order valence-electron chi connectivity index (χ4n) is 1.66. The molecule has 0 radical (unpaired) electrons. The largest absolute Gasteiger partial charge is 0.379 e. The van der Waals surface area contributed by atoms with E-state index in [0.29, 0.717) is 0 Å². The van der Waals surface area contributed by atoms with Gasteiger partial charge in [-0.3, -0.25) is 4.99 Å². The third kappa shape index (κ3) is 2.23. The highest BCUT2D eigenvalue weighted by Gasteiger charge is 2.33. The van der Waals surface area contributed by atoms with Crippen molar-refractivity contribution >= 4 is 16.9 Å². The van der Waals surface area contributed by atoms with Crippen LogP contribution in [0.2, 0.25) is 0 Å². The molecule has 1 atom stereocenters. The molecular weight excluding hydrogens is 196 g/mol. The van der Waals surface area contributed by atoms with E-state index >= 15 is 0 Å². The van der Waals surface area contributed by atoms with E-state index in [1.54, 1.807) is 0 Å². The highest BCUT2D eigenvalue weighted by molar-refractivity contribution is 8.14. The average Bonchev–Trinajstić information content (AvgIpc) is 2.59. The topological polar surface area (TPSA) is 33.6 Å². The molecule has 0 aromatic heterocycles. The van der Waals surface area contributed by atoms with E-state index in [0.717, 1.165) is 30.6 Å². The van der Waals surface area contributed by atoms with Gasteiger partial charge in [-0.1, -0.05) is 11.8 Å². The molecule has 4 heteroatoms. The number of aliphatic imine (C=N–C) groups is 1. The van der Waals surface area contributed by atoms with E-state index in [-0.39, 0.29) is 11.1 Å². The molecule has 3 nitrogen and oxygen atoms in total. The van der Waals surface area contributed by atoms with Crippen molar-refractivity contribution in [2.45, 2.75) is 38.3 Å². The normalized spacial score (nSPS) is 38.9. The van der Waals surface area contributed by atoms with Crippen LogP contribution in [0.15, 0.2) is 4.99 Å². The van der Waals surface area contributed by atoms with Crippen molar-refractivity contribution in [2.75, 3.05) is 19.0 Å². The van der Waals surface area contributed by atoms with Crippen molar-refractivity contribution in [3.63, 3.8) is 0 Å². The van der Waals surface area contributed by atoms with Gasteiger partial charge < -0.3 is 10.1 Å². The van der Waals surface area contributed by atoms with Gasteiger partial charge in [-0.25, -0.2) is 0 Å². The summed E-state index contributed by atoms with van der Waals surface area (Å²) in [5, 5.41) is 4.53. The molecule has 2 fully saturated rings. The first-order valence-corrected chi connectivity index (χ1v) is 6.06. The number of amidine groups is 1. The van der Waals surface area contributed by atoms with Crippen LogP contribution in [0.3, 0.4) is 0 Å². The van der Waals surface area contributed by atoms with E-state index in [1.165, 1.54) is 0 Å². The van der Waals surface area contributed by atoms with E-state index in [9.17, 15) is 0 Å². The molecule has 0 saturated carbocycles. The third-order valence-corrected chi connectivity index (χ3v) is 3.92. The van der Waals surface area contributed by atoms with Gasteiger partial charge in [0.15, 0.2) is 5.17 Å². The summed E-state index contributed by atoms with van der Waals surface area (Å²) in [7, 11) is 0. The SMILES string of the molecule is CC1(N=C2NC(C)(C)CS2)CCOC1. The minimum absolute atomic E-state index is 0.00968. The maximum absolute atomic E-state index is 5.38. The number of nitrogens with one attached hydrogen (secondary N) is 1. The van der Waals surface area contributed by atoms with Crippen molar-refractivity contribution in [3.05, 3.63) is 0 Å². The molecule has 14 heavy (non-hydrogen) atoms. The standard InChI is InChI=1S/C10H18N2OS/c1-9(2)7-14-8(11-9)12-10(3)4-5-13-6-10/h4-7H2,1-3H3,(H,11,12). The Morgan fingerprint density at radius 2 is 2.21 bits per heavy atom. The zero-order chi connectivity index (χ0) is 10.2. The third-order valence-electron chi connectivity index (χ3n) is 2.58. The average molecular weight is 214 g/mol. The molecular formula is C10H18N2OS. The highest BCUT2D eigenvalue weighted by atomic mass is 32.2. The molecule has 0 spiro atoms. The van der Waals surface area contributed by atoms with Crippen molar-refractivity contribution < 1.29 is 4.74 Å². The van der Waals surface area contributed by atoms with Crippen LogP contribution in [0, 0.1) is 0 Å². The smallest absolute Gasteiger partial charge is 0.157 e. The maximum atomic E-state index is 5.38. The van der Waals surface area contributed by atoms with Crippen LogP contribution in [0.25, 0.3) is 0 Å². The summed E-state index contributed by atoms with van der Waals surface area (Å²) in [6, 6.07) is 0. The molecule has 0 aromatic carbocycles. The first kappa shape index (κ1) is 10.3. The number of hydrogen-bond donors (Lipinski definition) is 1. The number of nitrogens with zero attached hydrogens (tertiary/aromatic N) is 1. The lowest BCUT2D eigenvalue weighted by Gasteiger charge is -2.19. The molecule has 0 bridgehead atoms. The summed E-state index contributed by atoms with van der Waals surface area (Å²) in [5.41, 5.74) is 0.203. The van der Waals surface area contributed by atoms with Crippen LogP contribution in [0.1, 0.15) is 27.2 Å². The Morgan fingerprint density at radius 1 is 1.43 bits per heavy atom. The molecule has 2 rings (SSSR count). The molecule has 0 aromatic rings. The summed E-state index contributed by atoms with van der Waals surface area (Å²) < 4.78 is 5.38. The lowest BCUT2D eigenvalue weighted by atomic mass is 10.0. The van der Waals surface area contributed by atoms with Crippen molar-refractivity contribution in [1.82, 2.24) is 5.32 Å². The van der Waals surface area contributed by atoms with Crippen LogP contribution in [-0.4, -0.2) is 35.2 Å². The molecule has 2 aliphatic heterocycles. The molecule has 1 unspecified atom stereocenters. The Morgan fingerprint density at radius 3 is 2.71 bits per heavy atom. The fraction of sp³-hybridized carbons (Fsp3) is 0.900. The quantitative estimate of drug-likeness (QED) is 0.720. The second-order valence-electron chi connectivity index (χ2n) is 5.01. The summed E-state index contributed by atoms with van der Waals surface area (Å²) in [6.07, 6.45) is 1.04. The van der Waals surface area contributed by atoms with E-state index in [1.807, 2.05) is 11.8 Å². The minimum Gasteiger partial charge on any atom is -0.379 e. The summed E-state index contributed by atoms with van der Waals surface area (Å²) in [4.78, 5) is 4.75. The second-order valence-corrected chi connectivity index (χ2v) is 5.98. The number of thioether (sulfide) groups is 1.